The third kappa shape index (κ3) is 3.69. The molecular weight excluding hydrogens is 302 g/mol. The number of hydrogen-bond donors (Lipinski definition) is 1. The fourth-order valence-corrected chi connectivity index (χ4v) is 3.15. The summed E-state index contributed by atoms with van der Waals surface area (Å²) in [5, 5.41) is 2.80. The SMILES string of the molecule is CC(=O)NCc1cccc(C2CCCN2c2nc(C)cc(C)n2)n1. The molecule has 1 aliphatic heterocycles. The standard InChI is InChI=1S/C18H23N5O/c1-12-10-13(2)21-18(20-12)23-9-5-8-17(23)16-7-4-6-15(22-16)11-19-14(3)24/h4,6-7,10,17H,5,8-9,11H2,1-3H3,(H,19,24). The highest BCUT2D eigenvalue weighted by Gasteiger charge is 2.29. The van der Waals surface area contributed by atoms with E-state index < -0.39 is 0 Å². The van der Waals surface area contributed by atoms with Crippen LogP contribution in [0.15, 0.2) is 24.3 Å². The first-order valence-corrected chi connectivity index (χ1v) is 8.32. The molecule has 0 aromatic carbocycles. The summed E-state index contributed by atoms with van der Waals surface area (Å²) >= 11 is 0. The number of carbonyl (C=O) groups excluding carboxylic acids is 1. The first kappa shape index (κ1) is 16.4. The smallest absolute Gasteiger partial charge is 0.226 e. The van der Waals surface area contributed by atoms with Gasteiger partial charge in [0.25, 0.3) is 0 Å². The van der Waals surface area contributed by atoms with Crippen molar-refractivity contribution in [1.29, 1.82) is 0 Å². The Morgan fingerprint density at radius 3 is 2.71 bits per heavy atom. The lowest BCUT2D eigenvalue weighted by atomic mass is 10.1. The predicted octanol–water partition coefficient (Wildman–Crippen LogP) is 2.47. The average Bonchev–Trinajstić information content (AvgIpc) is 3.02. The van der Waals surface area contributed by atoms with Gasteiger partial charge in [0.2, 0.25) is 11.9 Å². The van der Waals surface area contributed by atoms with E-state index in [0.29, 0.717) is 6.54 Å². The average molecular weight is 325 g/mol. The summed E-state index contributed by atoms with van der Waals surface area (Å²) in [7, 11) is 0. The van der Waals surface area contributed by atoms with Crippen LogP contribution in [0.3, 0.4) is 0 Å². The Morgan fingerprint density at radius 1 is 1.25 bits per heavy atom. The number of rotatable bonds is 4. The molecule has 24 heavy (non-hydrogen) atoms. The number of anilines is 1. The summed E-state index contributed by atoms with van der Waals surface area (Å²) in [6, 6.07) is 8.15. The van der Waals surface area contributed by atoms with Crippen molar-refractivity contribution in [2.75, 3.05) is 11.4 Å². The second-order valence-electron chi connectivity index (χ2n) is 6.27. The van der Waals surface area contributed by atoms with Gasteiger partial charge >= 0.3 is 0 Å². The molecule has 6 heteroatoms. The normalized spacial score (nSPS) is 17.1. The van der Waals surface area contributed by atoms with Crippen molar-refractivity contribution in [3.63, 3.8) is 0 Å². The van der Waals surface area contributed by atoms with Crippen LogP contribution >= 0.6 is 0 Å². The topological polar surface area (TPSA) is 71.0 Å². The molecule has 0 saturated carbocycles. The molecule has 1 fully saturated rings. The van der Waals surface area contributed by atoms with Crippen molar-refractivity contribution in [2.24, 2.45) is 0 Å². The van der Waals surface area contributed by atoms with Crippen LogP contribution in [0.5, 0.6) is 0 Å². The number of nitrogens with one attached hydrogen (secondary N) is 1. The highest BCUT2D eigenvalue weighted by molar-refractivity contribution is 5.72. The van der Waals surface area contributed by atoms with Crippen molar-refractivity contribution in [2.45, 2.75) is 46.2 Å². The first-order chi connectivity index (χ1) is 11.5. The van der Waals surface area contributed by atoms with Gasteiger partial charge in [-0.05, 0) is 44.9 Å². The number of carbonyl (C=O) groups is 1. The monoisotopic (exact) mass is 325 g/mol. The molecule has 2 aromatic heterocycles. The van der Waals surface area contributed by atoms with E-state index >= 15 is 0 Å². The van der Waals surface area contributed by atoms with Crippen molar-refractivity contribution < 1.29 is 4.79 Å². The molecule has 0 bridgehead atoms. The lowest BCUT2D eigenvalue weighted by Crippen LogP contribution is -2.26. The second-order valence-corrected chi connectivity index (χ2v) is 6.27. The lowest BCUT2D eigenvalue weighted by Gasteiger charge is -2.25. The van der Waals surface area contributed by atoms with E-state index in [0.717, 1.165) is 48.1 Å². The van der Waals surface area contributed by atoms with Gasteiger partial charge < -0.3 is 10.2 Å². The van der Waals surface area contributed by atoms with Gasteiger partial charge in [0.05, 0.1) is 24.0 Å². The number of aryl methyl sites for hydroxylation is 2. The van der Waals surface area contributed by atoms with E-state index in [4.69, 9.17) is 4.98 Å². The molecule has 2 aromatic rings. The number of pyridine rings is 1. The molecule has 6 nitrogen and oxygen atoms in total. The third-order valence-electron chi connectivity index (χ3n) is 4.17. The largest absolute Gasteiger partial charge is 0.351 e. The molecule has 1 saturated heterocycles. The molecule has 126 valence electrons. The van der Waals surface area contributed by atoms with Crippen LogP contribution in [0.2, 0.25) is 0 Å². The number of aromatic nitrogens is 3. The molecule has 1 unspecified atom stereocenters. The van der Waals surface area contributed by atoms with Crippen molar-refractivity contribution in [1.82, 2.24) is 20.3 Å². The van der Waals surface area contributed by atoms with Crippen LogP contribution in [0.1, 0.15) is 48.6 Å². The Labute approximate surface area is 142 Å². The van der Waals surface area contributed by atoms with E-state index in [1.165, 1.54) is 6.92 Å². The minimum atomic E-state index is -0.0478. The Hall–Kier alpha value is -2.50. The predicted molar refractivity (Wildman–Crippen MR) is 92.6 cm³/mol. The van der Waals surface area contributed by atoms with E-state index in [1.54, 1.807) is 0 Å². The zero-order valence-electron chi connectivity index (χ0n) is 14.4. The van der Waals surface area contributed by atoms with Gasteiger partial charge in [-0.1, -0.05) is 6.07 Å². The summed E-state index contributed by atoms with van der Waals surface area (Å²) in [4.78, 5) is 27.3. The van der Waals surface area contributed by atoms with Crippen molar-refractivity contribution in [3.8, 4) is 0 Å². The summed E-state index contributed by atoms with van der Waals surface area (Å²) in [5.41, 5.74) is 3.85. The third-order valence-corrected chi connectivity index (χ3v) is 4.17. The molecule has 3 heterocycles. The Kier molecular flexibility index (Phi) is 4.74. The Balaban J connectivity index is 1.85. The van der Waals surface area contributed by atoms with Gasteiger partial charge in [-0.15, -0.1) is 0 Å². The van der Waals surface area contributed by atoms with Crippen LogP contribution in [0.25, 0.3) is 0 Å². The maximum Gasteiger partial charge on any atom is 0.226 e. The quantitative estimate of drug-likeness (QED) is 0.935. The van der Waals surface area contributed by atoms with Gasteiger partial charge in [0, 0.05) is 24.9 Å². The summed E-state index contributed by atoms with van der Waals surface area (Å²) in [6.07, 6.45) is 2.13. The lowest BCUT2D eigenvalue weighted by molar-refractivity contribution is -0.119. The minimum absolute atomic E-state index is 0.0478. The van der Waals surface area contributed by atoms with E-state index in [9.17, 15) is 4.79 Å². The number of hydrogen-bond acceptors (Lipinski definition) is 5. The molecule has 0 radical (unpaired) electrons. The van der Waals surface area contributed by atoms with Crippen LogP contribution in [-0.2, 0) is 11.3 Å². The van der Waals surface area contributed by atoms with Gasteiger partial charge in [0.1, 0.15) is 0 Å². The highest BCUT2D eigenvalue weighted by atomic mass is 16.1. The first-order valence-electron chi connectivity index (χ1n) is 8.32. The highest BCUT2D eigenvalue weighted by Crippen LogP contribution is 2.33. The van der Waals surface area contributed by atoms with Gasteiger partial charge in [-0.2, -0.15) is 0 Å². The maximum atomic E-state index is 11.1. The fourth-order valence-electron chi connectivity index (χ4n) is 3.15. The van der Waals surface area contributed by atoms with Crippen LogP contribution < -0.4 is 10.2 Å². The minimum Gasteiger partial charge on any atom is -0.351 e. The fraction of sp³-hybridized carbons (Fsp3) is 0.444. The molecule has 3 rings (SSSR count). The summed E-state index contributed by atoms with van der Waals surface area (Å²) in [6.45, 7) is 6.90. The number of nitrogens with zero attached hydrogens (tertiary/aromatic N) is 4. The van der Waals surface area contributed by atoms with Crippen molar-refractivity contribution in [3.05, 3.63) is 47.0 Å². The molecule has 0 spiro atoms. The molecule has 1 N–H and O–H groups in total. The van der Waals surface area contributed by atoms with Gasteiger partial charge in [-0.3, -0.25) is 9.78 Å². The Bertz CT molecular complexity index is 726. The van der Waals surface area contributed by atoms with Gasteiger partial charge in [-0.25, -0.2) is 9.97 Å². The van der Waals surface area contributed by atoms with Crippen molar-refractivity contribution >= 4 is 11.9 Å². The zero-order chi connectivity index (χ0) is 17.1. The second kappa shape index (κ2) is 6.95. The molecule has 0 aliphatic carbocycles. The Morgan fingerprint density at radius 2 is 2.00 bits per heavy atom. The van der Waals surface area contributed by atoms with E-state index in [2.05, 4.69) is 20.2 Å². The molecule has 1 aliphatic rings. The van der Waals surface area contributed by atoms with Crippen LogP contribution in [-0.4, -0.2) is 27.4 Å². The van der Waals surface area contributed by atoms with E-state index in [1.807, 2.05) is 38.1 Å². The van der Waals surface area contributed by atoms with E-state index in [-0.39, 0.29) is 11.9 Å². The zero-order valence-corrected chi connectivity index (χ0v) is 14.4. The maximum absolute atomic E-state index is 11.1. The summed E-state index contributed by atoms with van der Waals surface area (Å²) < 4.78 is 0. The summed E-state index contributed by atoms with van der Waals surface area (Å²) in [5.74, 6) is 0.734. The molecule has 1 amide bonds. The molecule has 1 atom stereocenters. The van der Waals surface area contributed by atoms with Gasteiger partial charge in [0.15, 0.2) is 0 Å². The van der Waals surface area contributed by atoms with Crippen LogP contribution in [0.4, 0.5) is 5.95 Å². The number of amides is 1. The van der Waals surface area contributed by atoms with Crippen LogP contribution in [0, 0.1) is 13.8 Å². The molecular formula is C18H23N5O.